The summed E-state index contributed by atoms with van der Waals surface area (Å²) < 4.78 is 3.57. The molecule has 1 aromatic heterocycles. The van der Waals surface area contributed by atoms with E-state index >= 15 is 0 Å². The third kappa shape index (κ3) is 2.48. The van der Waals surface area contributed by atoms with Crippen molar-refractivity contribution in [1.29, 1.82) is 0 Å². The second kappa shape index (κ2) is 5.49. The molecule has 0 radical (unpaired) electrons. The van der Waals surface area contributed by atoms with Gasteiger partial charge in [0, 0.05) is 25.6 Å². The van der Waals surface area contributed by atoms with E-state index < -0.39 is 0 Å². The zero-order chi connectivity index (χ0) is 13.2. The highest BCUT2D eigenvalue weighted by Crippen LogP contribution is 2.28. The van der Waals surface area contributed by atoms with Gasteiger partial charge in [0.05, 0.1) is 0 Å². The highest BCUT2D eigenvalue weighted by Gasteiger charge is 2.26. The monoisotopic (exact) mass is 264 g/mol. The Labute approximate surface area is 114 Å². The summed E-state index contributed by atoms with van der Waals surface area (Å²) in [6.45, 7) is 1.64. The van der Waals surface area contributed by atoms with Gasteiger partial charge in [-0.05, 0) is 45.1 Å². The standard InChI is InChI=1S/C14H24N4O/c1-15-12-6-4-5-11(12)8-10-18-14(19)17-9-3-2-7-13(17)16-18/h11-12,15H,2-10H2,1H3. The summed E-state index contributed by atoms with van der Waals surface area (Å²) in [6.07, 6.45) is 8.19. The van der Waals surface area contributed by atoms with Gasteiger partial charge in [0.1, 0.15) is 5.82 Å². The largest absolute Gasteiger partial charge is 0.345 e. The number of rotatable bonds is 4. The quantitative estimate of drug-likeness (QED) is 0.888. The first-order valence-electron chi connectivity index (χ1n) is 7.63. The molecule has 1 aliphatic carbocycles. The van der Waals surface area contributed by atoms with Gasteiger partial charge in [-0.3, -0.25) is 4.57 Å². The van der Waals surface area contributed by atoms with E-state index in [1.54, 1.807) is 4.68 Å². The molecule has 0 bridgehead atoms. The third-order valence-corrected chi connectivity index (χ3v) is 4.77. The molecule has 1 fully saturated rings. The van der Waals surface area contributed by atoms with Gasteiger partial charge < -0.3 is 5.32 Å². The van der Waals surface area contributed by atoms with Crippen LogP contribution in [-0.4, -0.2) is 27.4 Å². The molecule has 0 amide bonds. The van der Waals surface area contributed by atoms with Crippen molar-refractivity contribution in [2.75, 3.05) is 7.05 Å². The van der Waals surface area contributed by atoms with Gasteiger partial charge in [-0.15, -0.1) is 0 Å². The SMILES string of the molecule is CNC1CCCC1CCn1nc2n(c1=O)CCCC2. The molecule has 19 heavy (non-hydrogen) atoms. The average molecular weight is 264 g/mol. The van der Waals surface area contributed by atoms with E-state index in [9.17, 15) is 4.79 Å². The zero-order valence-corrected chi connectivity index (χ0v) is 11.8. The molecule has 0 saturated heterocycles. The Morgan fingerprint density at radius 2 is 2.21 bits per heavy atom. The molecule has 0 aromatic carbocycles. The molecule has 2 atom stereocenters. The summed E-state index contributed by atoms with van der Waals surface area (Å²) in [5, 5.41) is 7.91. The minimum atomic E-state index is 0.105. The Morgan fingerprint density at radius 1 is 1.32 bits per heavy atom. The van der Waals surface area contributed by atoms with E-state index in [1.165, 1.54) is 25.7 Å². The second-order valence-corrected chi connectivity index (χ2v) is 5.91. The maximum Gasteiger partial charge on any atom is 0.345 e. The van der Waals surface area contributed by atoms with E-state index in [4.69, 9.17) is 0 Å². The first-order chi connectivity index (χ1) is 9.29. The minimum absolute atomic E-state index is 0.105. The van der Waals surface area contributed by atoms with Crippen LogP contribution in [0, 0.1) is 5.92 Å². The lowest BCUT2D eigenvalue weighted by molar-refractivity contribution is 0.365. The van der Waals surface area contributed by atoms with Crippen LogP contribution in [-0.2, 0) is 19.5 Å². The fraction of sp³-hybridized carbons (Fsp3) is 0.857. The molecule has 1 aliphatic heterocycles. The van der Waals surface area contributed by atoms with Crippen LogP contribution in [0.4, 0.5) is 0 Å². The number of hydrogen-bond acceptors (Lipinski definition) is 3. The van der Waals surface area contributed by atoms with Crippen LogP contribution in [0.1, 0.15) is 44.3 Å². The topological polar surface area (TPSA) is 51.9 Å². The lowest BCUT2D eigenvalue weighted by Gasteiger charge is -2.18. The van der Waals surface area contributed by atoms with Gasteiger partial charge in [-0.2, -0.15) is 5.10 Å². The van der Waals surface area contributed by atoms with Crippen molar-refractivity contribution >= 4 is 0 Å². The van der Waals surface area contributed by atoms with Gasteiger partial charge in [-0.1, -0.05) is 6.42 Å². The summed E-state index contributed by atoms with van der Waals surface area (Å²) >= 11 is 0. The van der Waals surface area contributed by atoms with Crippen LogP contribution in [0.5, 0.6) is 0 Å². The van der Waals surface area contributed by atoms with Crippen LogP contribution in [0.2, 0.25) is 0 Å². The third-order valence-electron chi connectivity index (χ3n) is 4.77. The van der Waals surface area contributed by atoms with E-state index in [0.717, 1.165) is 38.2 Å². The van der Waals surface area contributed by atoms with Crippen LogP contribution in [0.25, 0.3) is 0 Å². The Kier molecular flexibility index (Phi) is 3.73. The number of aromatic nitrogens is 3. The summed E-state index contributed by atoms with van der Waals surface area (Å²) in [4.78, 5) is 12.2. The second-order valence-electron chi connectivity index (χ2n) is 5.91. The van der Waals surface area contributed by atoms with Crippen molar-refractivity contribution in [2.24, 2.45) is 5.92 Å². The Morgan fingerprint density at radius 3 is 3.00 bits per heavy atom. The van der Waals surface area contributed by atoms with Crippen molar-refractivity contribution in [3.8, 4) is 0 Å². The molecule has 0 spiro atoms. The lowest BCUT2D eigenvalue weighted by atomic mass is 10.00. The molecule has 3 rings (SSSR count). The molecular formula is C14H24N4O. The number of hydrogen-bond donors (Lipinski definition) is 1. The normalized spacial score (nSPS) is 26.6. The first kappa shape index (κ1) is 12.9. The van der Waals surface area contributed by atoms with E-state index in [1.807, 2.05) is 11.6 Å². The van der Waals surface area contributed by atoms with Crippen LogP contribution in [0.15, 0.2) is 4.79 Å². The molecule has 1 aromatic rings. The maximum absolute atomic E-state index is 12.2. The average Bonchev–Trinajstić information content (AvgIpc) is 3.01. The van der Waals surface area contributed by atoms with Gasteiger partial charge in [0.2, 0.25) is 0 Å². The molecular weight excluding hydrogens is 240 g/mol. The predicted molar refractivity (Wildman–Crippen MR) is 74.2 cm³/mol. The van der Waals surface area contributed by atoms with E-state index in [0.29, 0.717) is 12.0 Å². The number of fused-ring (bicyclic) bond motifs is 1. The van der Waals surface area contributed by atoms with Crippen molar-refractivity contribution in [3.05, 3.63) is 16.3 Å². The van der Waals surface area contributed by atoms with E-state index in [-0.39, 0.29) is 5.69 Å². The van der Waals surface area contributed by atoms with Crippen molar-refractivity contribution in [2.45, 2.75) is 64.1 Å². The molecule has 1 saturated carbocycles. The first-order valence-corrected chi connectivity index (χ1v) is 7.63. The number of nitrogens with zero attached hydrogens (tertiary/aromatic N) is 3. The summed E-state index contributed by atoms with van der Waals surface area (Å²) in [5.74, 6) is 1.70. The molecule has 2 heterocycles. The Balaban J connectivity index is 1.67. The fourth-order valence-electron chi connectivity index (χ4n) is 3.64. The van der Waals surface area contributed by atoms with Gasteiger partial charge in [0.25, 0.3) is 0 Å². The van der Waals surface area contributed by atoms with Crippen LogP contribution >= 0.6 is 0 Å². The van der Waals surface area contributed by atoms with Crippen molar-refractivity contribution < 1.29 is 0 Å². The Hall–Kier alpha value is -1.10. The fourth-order valence-corrected chi connectivity index (χ4v) is 3.64. The highest BCUT2D eigenvalue weighted by atomic mass is 16.2. The van der Waals surface area contributed by atoms with Crippen molar-refractivity contribution in [1.82, 2.24) is 19.7 Å². The molecule has 106 valence electrons. The summed E-state index contributed by atoms with van der Waals surface area (Å²) in [6, 6.07) is 0.632. The predicted octanol–water partition coefficient (Wildman–Crippen LogP) is 1.16. The van der Waals surface area contributed by atoms with Crippen molar-refractivity contribution in [3.63, 3.8) is 0 Å². The summed E-state index contributed by atoms with van der Waals surface area (Å²) in [5.41, 5.74) is 0.105. The number of nitrogens with one attached hydrogen (secondary N) is 1. The molecule has 5 heteroatoms. The highest BCUT2D eigenvalue weighted by molar-refractivity contribution is 4.91. The molecule has 2 unspecified atom stereocenters. The van der Waals surface area contributed by atoms with E-state index in [2.05, 4.69) is 10.4 Å². The smallest absolute Gasteiger partial charge is 0.317 e. The zero-order valence-electron chi connectivity index (χ0n) is 11.8. The lowest BCUT2D eigenvalue weighted by Crippen LogP contribution is -2.31. The van der Waals surface area contributed by atoms with Crippen LogP contribution < -0.4 is 11.0 Å². The summed E-state index contributed by atoms with van der Waals surface area (Å²) in [7, 11) is 2.05. The minimum Gasteiger partial charge on any atom is -0.317 e. The molecule has 5 nitrogen and oxygen atoms in total. The molecule has 2 aliphatic rings. The van der Waals surface area contributed by atoms with Gasteiger partial charge in [0.15, 0.2) is 0 Å². The Bertz CT molecular complexity index is 490. The maximum atomic E-state index is 12.2. The van der Waals surface area contributed by atoms with Crippen LogP contribution in [0.3, 0.4) is 0 Å². The van der Waals surface area contributed by atoms with Gasteiger partial charge in [-0.25, -0.2) is 9.48 Å². The molecule has 1 N–H and O–H groups in total. The van der Waals surface area contributed by atoms with Gasteiger partial charge >= 0.3 is 5.69 Å². The number of aryl methyl sites for hydroxylation is 2.